The largest absolute Gasteiger partial charge is 0.463 e. The van der Waals surface area contributed by atoms with E-state index in [1.54, 1.807) is 0 Å². The Morgan fingerprint density at radius 2 is 2.04 bits per heavy atom. The van der Waals surface area contributed by atoms with E-state index in [1.165, 1.54) is 22.4 Å². The molecule has 0 aromatic heterocycles. The number of ether oxygens (including phenoxy) is 1. The van der Waals surface area contributed by atoms with Crippen LogP contribution >= 0.6 is 0 Å². The Balaban J connectivity index is 1.80. The van der Waals surface area contributed by atoms with Gasteiger partial charge in [0.2, 0.25) is 5.72 Å². The Morgan fingerprint density at radius 1 is 1.26 bits per heavy atom. The number of likely N-dealkylation sites (N-methyl/N-ethyl adjacent to an activating group) is 1. The lowest BCUT2D eigenvalue weighted by molar-refractivity contribution is -0.00144. The third-order valence-electron chi connectivity index (χ3n) is 6.69. The molecule has 27 heavy (non-hydrogen) atoms. The van der Waals surface area contributed by atoms with Crippen molar-refractivity contribution in [2.45, 2.75) is 63.5 Å². The van der Waals surface area contributed by atoms with E-state index in [0.29, 0.717) is 0 Å². The molecule has 2 nitrogen and oxygen atoms in total. The van der Waals surface area contributed by atoms with E-state index in [9.17, 15) is 0 Å². The minimum absolute atomic E-state index is 0.0460. The minimum Gasteiger partial charge on any atom is -0.463 e. The van der Waals surface area contributed by atoms with Crippen molar-refractivity contribution in [2.75, 3.05) is 11.9 Å². The van der Waals surface area contributed by atoms with Crippen LogP contribution in [0.5, 0.6) is 0 Å². The number of hydrogen-bond donors (Lipinski definition) is 0. The van der Waals surface area contributed by atoms with Crippen LogP contribution in [-0.2, 0) is 15.6 Å². The molecule has 0 radical (unpaired) electrons. The third kappa shape index (κ3) is 2.41. The molecular formula is C25H29NO. The Hall–Kier alpha value is -2.40. The maximum absolute atomic E-state index is 6.72. The van der Waals surface area contributed by atoms with Crippen LogP contribution in [0.15, 0.2) is 53.8 Å². The molecule has 1 atom stereocenters. The van der Waals surface area contributed by atoms with Crippen LogP contribution in [0, 0.1) is 12.3 Å². The van der Waals surface area contributed by atoms with E-state index in [0.717, 1.165) is 25.0 Å². The summed E-state index contributed by atoms with van der Waals surface area (Å²) in [7, 11) is 2.15. The highest BCUT2D eigenvalue weighted by Crippen LogP contribution is 2.55. The normalized spacial score (nSPS) is 25.3. The third-order valence-corrected chi connectivity index (χ3v) is 6.69. The van der Waals surface area contributed by atoms with Crippen molar-refractivity contribution in [2.24, 2.45) is 0 Å². The first-order valence-electron chi connectivity index (χ1n) is 9.83. The summed E-state index contributed by atoms with van der Waals surface area (Å²) >= 11 is 0. The van der Waals surface area contributed by atoms with E-state index in [1.807, 2.05) is 0 Å². The predicted octanol–water partition coefficient (Wildman–Crippen LogP) is 5.60. The number of rotatable bonds is 2. The van der Waals surface area contributed by atoms with Crippen molar-refractivity contribution >= 4 is 5.69 Å². The van der Waals surface area contributed by atoms with Gasteiger partial charge in [0.05, 0.1) is 5.41 Å². The zero-order valence-corrected chi connectivity index (χ0v) is 17.1. The fraction of sp³-hybridized carbons (Fsp3) is 0.440. The van der Waals surface area contributed by atoms with E-state index in [-0.39, 0.29) is 10.8 Å². The molecule has 0 N–H and O–H groups in total. The summed E-state index contributed by atoms with van der Waals surface area (Å²) < 4.78 is 6.72. The van der Waals surface area contributed by atoms with Crippen molar-refractivity contribution < 1.29 is 4.74 Å². The monoisotopic (exact) mass is 359 g/mol. The Labute approximate surface area is 163 Å². The van der Waals surface area contributed by atoms with Crippen LogP contribution in [0.4, 0.5) is 5.69 Å². The summed E-state index contributed by atoms with van der Waals surface area (Å²) in [5.41, 5.74) is 4.40. The van der Waals surface area contributed by atoms with Crippen LogP contribution in [-0.4, -0.2) is 12.8 Å². The highest BCUT2D eigenvalue weighted by molar-refractivity contribution is 5.69. The van der Waals surface area contributed by atoms with E-state index in [4.69, 9.17) is 11.2 Å². The fourth-order valence-electron chi connectivity index (χ4n) is 4.76. The first-order chi connectivity index (χ1) is 12.7. The molecule has 2 heterocycles. The molecule has 0 saturated heterocycles. The maximum atomic E-state index is 6.72. The topological polar surface area (TPSA) is 12.5 Å². The summed E-state index contributed by atoms with van der Waals surface area (Å²) in [5, 5.41) is 0. The average Bonchev–Trinajstić information content (AvgIpc) is 2.80. The zero-order valence-electron chi connectivity index (χ0n) is 17.1. The van der Waals surface area contributed by atoms with Crippen LogP contribution in [0.3, 0.4) is 0 Å². The zero-order chi connectivity index (χ0) is 19.4. The summed E-state index contributed by atoms with van der Waals surface area (Å²) in [5.74, 6) is 3.84. The molecule has 1 aromatic rings. The van der Waals surface area contributed by atoms with E-state index < -0.39 is 5.72 Å². The van der Waals surface area contributed by atoms with Gasteiger partial charge in [0.25, 0.3) is 0 Å². The van der Waals surface area contributed by atoms with Gasteiger partial charge in [-0.2, -0.15) is 0 Å². The second kappa shape index (κ2) is 5.80. The number of benzene rings is 1. The molecule has 140 valence electrons. The van der Waals surface area contributed by atoms with Crippen LogP contribution < -0.4 is 4.90 Å². The molecule has 1 unspecified atom stereocenters. The first-order valence-corrected chi connectivity index (χ1v) is 9.83. The van der Waals surface area contributed by atoms with Gasteiger partial charge >= 0.3 is 0 Å². The highest BCUT2D eigenvalue weighted by Gasteiger charge is 2.57. The molecular weight excluding hydrogens is 330 g/mol. The van der Waals surface area contributed by atoms with Gasteiger partial charge in [0.1, 0.15) is 5.76 Å². The number of anilines is 1. The molecule has 1 spiro atoms. The summed E-state index contributed by atoms with van der Waals surface area (Å²) in [4.78, 5) is 2.31. The molecule has 1 aliphatic carbocycles. The maximum Gasteiger partial charge on any atom is 0.211 e. The molecule has 2 heteroatoms. The quantitative estimate of drug-likeness (QED) is 0.637. The number of allylic oxidation sites excluding steroid dienone is 4. The number of hydrogen-bond acceptors (Lipinski definition) is 2. The lowest BCUT2D eigenvalue weighted by atomic mass is 9.75. The summed E-state index contributed by atoms with van der Waals surface area (Å²) in [6, 6.07) is 6.81. The van der Waals surface area contributed by atoms with Crippen molar-refractivity contribution in [3.8, 4) is 12.3 Å². The molecule has 2 aliphatic heterocycles. The summed E-state index contributed by atoms with van der Waals surface area (Å²) in [6.45, 7) is 8.99. The Bertz CT molecular complexity index is 922. The standard InChI is InChI=1S/C25H29NO/c1-7-15-23(2,3)19-12-13-20-21(17-19)26(6)25(24(20,4)5)16-14-18-10-8-9-11-22(18)27-25/h1,9,11-14,16-17H,8,10,15H2,2-6H3. The van der Waals surface area contributed by atoms with E-state index >= 15 is 0 Å². The molecule has 3 aliphatic rings. The number of terminal acetylenes is 1. The molecule has 1 aromatic carbocycles. The molecule has 4 rings (SSSR count). The van der Waals surface area contributed by atoms with Gasteiger partial charge in [-0.15, -0.1) is 12.3 Å². The Morgan fingerprint density at radius 3 is 2.78 bits per heavy atom. The summed E-state index contributed by atoms with van der Waals surface area (Å²) in [6.07, 6.45) is 17.4. The van der Waals surface area contributed by atoms with Gasteiger partial charge < -0.3 is 9.64 Å². The smallest absolute Gasteiger partial charge is 0.211 e. The minimum atomic E-state index is -0.509. The molecule has 0 amide bonds. The van der Waals surface area contributed by atoms with Crippen LogP contribution in [0.2, 0.25) is 0 Å². The lowest BCUT2D eigenvalue weighted by Crippen LogP contribution is -2.55. The van der Waals surface area contributed by atoms with Crippen molar-refractivity contribution in [3.63, 3.8) is 0 Å². The number of nitrogens with zero attached hydrogens (tertiary/aromatic N) is 1. The second-order valence-electron chi connectivity index (χ2n) is 9.14. The van der Waals surface area contributed by atoms with Gasteiger partial charge in [0, 0.05) is 24.6 Å². The van der Waals surface area contributed by atoms with Gasteiger partial charge in [-0.25, -0.2) is 0 Å². The SMILES string of the molecule is C#CCC(C)(C)c1ccc2c(c1)N(C)C1(C=CC3=C(C=CCC3)O1)C2(C)C. The van der Waals surface area contributed by atoms with Gasteiger partial charge in [-0.1, -0.05) is 38.1 Å². The predicted molar refractivity (Wildman–Crippen MR) is 113 cm³/mol. The van der Waals surface area contributed by atoms with Gasteiger partial charge in [-0.3, -0.25) is 0 Å². The van der Waals surface area contributed by atoms with Crippen LogP contribution in [0.1, 0.15) is 58.1 Å². The second-order valence-corrected chi connectivity index (χ2v) is 9.14. The molecule has 0 saturated carbocycles. The highest BCUT2D eigenvalue weighted by atomic mass is 16.5. The first kappa shape index (κ1) is 18.0. The average molecular weight is 360 g/mol. The van der Waals surface area contributed by atoms with Crippen molar-refractivity contribution in [1.29, 1.82) is 0 Å². The molecule has 0 bridgehead atoms. The lowest BCUT2D eigenvalue weighted by Gasteiger charge is -2.46. The number of fused-ring (bicyclic) bond motifs is 1. The van der Waals surface area contributed by atoms with Crippen LogP contribution in [0.25, 0.3) is 0 Å². The van der Waals surface area contributed by atoms with Crippen molar-refractivity contribution in [3.05, 3.63) is 65.0 Å². The van der Waals surface area contributed by atoms with Gasteiger partial charge in [-0.05, 0) is 61.6 Å². The van der Waals surface area contributed by atoms with Gasteiger partial charge in [0.15, 0.2) is 0 Å². The fourth-order valence-corrected chi connectivity index (χ4v) is 4.76. The Kier molecular flexibility index (Phi) is 3.86. The molecule has 0 fully saturated rings. The van der Waals surface area contributed by atoms with E-state index in [2.05, 4.69) is 88.1 Å². The van der Waals surface area contributed by atoms with Crippen molar-refractivity contribution in [1.82, 2.24) is 0 Å².